The molecule has 6 heteroatoms. The van der Waals surface area contributed by atoms with Crippen LogP contribution in [0, 0.1) is 11.3 Å². The summed E-state index contributed by atoms with van der Waals surface area (Å²) in [6.45, 7) is 0. The van der Waals surface area contributed by atoms with Crippen molar-refractivity contribution in [3.8, 4) is 17.6 Å². The zero-order chi connectivity index (χ0) is 13.8. The summed E-state index contributed by atoms with van der Waals surface area (Å²) in [7, 11) is 3.16. The van der Waals surface area contributed by atoms with Crippen molar-refractivity contribution < 1.29 is 9.47 Å². The minimum atomic E-state index is 0.220. The van der Waals surface area contributed by atoms with E-state index in [1.165, 1.54) is 0 Å². The number of ether oxygens (including phenoxy) is 2. The Labute approximate surface area is 110 Å². The van der Waals surface area contributed by atoms with Crippen LogP contribution in [-0.2, 0) is 6.42 Å². The van der Waals surface area contributed by atoms with E-state index in [-0.39, 0.29) is 5.82 Å². The van der Waals surface area contributed by atoms with Crippen molar-refractivity contribution in [3.05, 3.63) is 35.0 Å². The molecule has 19 heavy (non-hydrogen) atoms. The van der Waals surface area contributed by atoms with Crippen LogP contribution in [0.25, 0.3) is 0 Å². The fourth-order valence-electron chi connectivity index (χ4n) is 1.84. The molecule has 0 amide bonds. The van der Waals surface area contributed by atoms with Gasteiger partial charge in [-0.15, -0.1) is 0 Å². The zero-order valence-electron chi connectivity index (χ0n) is 10.7. The van der Waals surface area contributed by atoms with Gasteiger partial charge in [0.1, 0.15) is 11.6 Å². The number of benzene rings is 1. The Balaban J connectivity index is 2.31. The number of rotatable bonds is 4. The zero-order valence-corrected chi connectivity index (χ0v) is 10.7. The van der Waals surface area contributed by atoms with Crippen LogP contribution in [0.15, 0.2) is 18.2 Å². The van der Waals surface area contributed by atoms with Gasteiger partial charge in [0, 0.05) is 6.42 Å². The molecule has 0 bridgehead atoms. The maximum atomic E-state index is 9.01. The first-order valence-electron chi connectivity index (χ1n) is 5.63. The van der Waals surface area contributed by atoms with E-state index in [1.54, 1.807) is 14.2 Å². The molecule has 6 nitrogen and oxygen atoms in total. The van der Waals surface area contributed by atoms with Crippen molar-refractivity contribution >= 4 is 5.82 Å². The summed E-state index contributed by atoms with van der Waals surface area (Å²) in [4.78, 5) is 0. The molecule has 0 radical (unpaired) electrons. The van der Waals surface area contributed by atoms with Gasteiger partial charge in [-0.05, 0) is 17.7 Å². The van der Waals surface area contributed by atoms with E-state index in [0.29, 0.717) is 29.2 Å². The second kappa shape index (κ2) is 5.31. The molecule has 0 aliphatic heterocycles. The van der Waals surface area contributed by atoms with Crippen molar-refractivity contribution in [1.82, 2.24) is 10.2 Å². The summed E-state index contributed by atoms with van der Waals surface area (Å²) >= 11 is 0. The molecule has 0 fully saturated rings. The van der Waals surface area contributed by atoms with Gasteiger partial charge in [-0.2, -0.15) is 10.4 Å². The standard InChI is InChI=1S/C13H14N4O2/c1-18-11-4-3-8(6-12(11)19-2)5-10-9(7-14)13(15)17-16-10/h3-4,6H,5H2,1-2H3,(H3,15,16,17). The summed E-state index contributed by atoms with van der Waals surface area (Å²) in [5.74, 6) is 1.53. The smallest absolute Gasteiger partial charge is 0.163 e. The molecule has 1 aromatic heterocycles. The van der Waals surface area contributed by atoms with Crippen molar-refractivity contribution in [1.29, 1.82) is 5.26 Å². The van der Waals surface area contributed by atoms with Crippen LogP contribution in [0.2, 0.25) is 0 Å². The molecule has 0 unspecified atom stereocenters. The molecule has 2 rings (SSSR count). The molecular weight excluding hydrogens is 244 g/mol. The quantitative estimate of drug-likeness (QED) is 0.865. The predicted octanol–water partition coefficient (Wildman–Crippen LogP) is 1.47. The minimum absolute atomic E-state index is 0.220. The minimum Gasteiger partial charge on any atom is -0.493 e. The van der Waals surface area contributed by atoms with Crippen LogP contribution in [0.3, 0.4) is 0 Å². The van der Waals surface area contributed by atoms with E-state index >= 15 is 0 Å². The van der Waals surface area contributed by atoms with Crippen LogP contribution in [-0.4, -0.2) is 24.4 Å². The lowest BCUT2D eigenvalue weighted by atomic mass is 10.1. The number of nitrogen functional groups attached to an aromatic ring is 1. The second-order valence-electron chi connectivity index (χ2n) is 3.94. The summed E-state index contributed by atoms with van der Waals surface area (Å²) in [6.07, 6.45) is 0.521. The summed E-state index contributed by atoms with van der Waals surface area (Å²) in [5.41, 5.74) is 7.64. The van der Waals surface area contributed by atoms with E-state index in [1.807, 2.05) is 24.3 Å². The van der Waals surface area contributed by atoms with Crippen LogP contribution < -0.4 is 15.2 Å². The number of nitrogens with zero attached hydrogens (tertiary/aromatic N) is 2. The van der Waals surface area contributed by atoms with E-state index in [9.17, 15) is 0 Å². The Morgan fingerprint density at radius 1 is 1.32 bits per heavy atom. The first-order chi connectivity index (χ1) is 9.19. The van der Waals surface area contributed by atoms with E-state index in [4.69, 9.17) is 20.5 Å². The fraction of sp³-hybridized carbons (Fsp3) is 0.231. The molecule has 1 heterocycles. The largest absolute Gasteiger partial charge is 0.493 e. The van der Waals surface area contributed by atoms with Gasteiger partial charge in [0.2, 0.25) is 0 Å². The normalized spacial score (nSPS) is 9.95. The van der Waals surface area contributed by atoms with E-state index in [2.05, 4.69) is 10.2 Å². The number of aromatic amines is 1. The van der Waals surface area contributed by atoms with Crippen LogP contribution in [0.5, 0.6) is 11.5 Å². The molecule has 1 aromatic carbocycles. The van der Waals surface area contributed by atoms with Gasteiger partial charge >= 0.3 is 0 Å². The van der Waals surface area contributed by atoms with E-state index in [0.717, 1.165) is 5.56 Å². The highest BCUT2D eigenvalue weighted by atomic mass is 16.5. The number of anilines is 1. The molecule has 0 spiro atoms. The molecule has 0 aliphatic rings. The molecule has 0 atom stereocenters. The predicted molar refractivity (Wildman–Crippen MR) is 70.1 cm³/mol. The Kier molecular flexibility index (Phi) is 3.57. The second-order valence-corrected chi connectivity index (χ2v) is 3.94. The first kappa shape index (κ1) is 12.8. The Morgan fingerprint density at radius 3 is 2.68 bits per heavy atom. The Morgan fingerprint density at radius 2 is 2.05 bits per heavy atom. The SMILES string of the molecule is COc1ccc(Cc2[nH]nc(N)c2C#N)cc1OC. The van der Waals surface area contributed by atoms with Crippen LogP contribution in [0.4, 0.5) is 5.82 Å². The lowest BCUT2D eigenvalue weighted by Crippen LogP contribution is -1.96. The number of aromatic nitrogens is 2. The summed E-state index contributed by atoms with van der Waals surface area (Å²) < 4.78 is 10.4. The highest BCUT2D eigenvalue weighted by Crippen LogP contribution is 2.28. The highest BCUT2D eigenvalue weighted by molar-refractivity contribution is 5.52. The average molecular weight is 258 g/mol. The summed E-state index contributed by atoms with van der Waals surface area (Å²) in [6, 6.07) is 7.62. The van der Waals surface area contributed by atoms with E-state index < -0.39 is 0 Å². The number of nitrogens with one attached hydrogen (secondary N) is 1. The Bertz CT molecular complexity index is 628. The van der Waals surface area contributed by atoms with Crippen LogP contribution >= 0.6 is 0 Å². The van der Waals surface area contributed by atoms with Crippen LogP contribution in [0.1, 0.15) is 16.8 Å². The molecule has 2 aromatic rings. The van der Waals surface area contributed by atoms with Gasteiger partial charge in [-0.3, -0.25) is 5.10 Å². The number of methoxy groups -OCH3 is 2. The van der Waals surface area contributed by atoms with Gasteiger partial charge in [0.15, 0.2) is 17.3 Å². The lowest BCUT2D eigenvalue weighted by molar-refractivity contribution is 0.354. The fourth-order valence-corrected chi connectivity index (χ4v) is 1.84. The van der Waals surface area contributed by atoms with Gasteiger partial charge in [0.05, 0.1) is 19.9 Å². The van der Waals surface area contributed by atoms with Crippen molar-refractivity contribution in [2.45, 2.75) is 6.42 Å². The number of hydrogen-bond acceptors (Lipinski definition) is 5. The lowest BCUT2D eigenvalue weighted by Gasteiger charge is -2.09. The maximum absolute atomic E-state index is 9.01. The number of hydrogen-bond donors (Lipinski definition) is 2. The number of H-pyrrole nitrogens is 1. The highest BCUT2D eigenvalue weighted by Gasteiger charge is 2.12. The molecule has 3 N–H and O–H groups in total. The van der Waals surface area contributed by atoms with Crippen molar-refractivity contribution in [2.75, 3.05) is 20.0 Å². The molecule has 0 saturated carbocycles. The van der Waals surface area contributed by atoms with Gasteiger partial charge in [-0.25, -0.2) is 0 Å². The monoisotopic (exact) mass is 258 g/mol. The average Bonchev–Trinajstić information content (AvgIpc) is 2.78. The topological polar surface area (TPSA) is 97.0 Å². The van der Waals surface area contributed by atoms with Gasteiger partial charge in [-0.1, -0.05) is 6.07 Å². The van der Waals surface area contributed by atoms with Gasteiger partial charge < -0.3 is 15.2 Å². The van der Waals surface area contributed by atoms with Crippen molar-refractivity contribution in [3.63, 3.8) is 0 Å². The molecule has 0 saturated heterocycles. The molecule has 98 valence electrons. The third-order valence-electron chi connectivity index (χ3n) is 2.81. The summed E-state index contributed by atoms with van der Waals surface area (Å²) in [5, 5.41) is 15.6. The van der Waals surface area contributed by atoms with Gasteiger partial charge in [0.25, 0.3) is 0 Å². The number of nitrogens with two attached hydrogens (primary N) is 1. The molecule has 0 aliphatic carbocycles. The third kappa shape index (κ3) is 2.45. The third-order valence-corrected chi connectivity index (χ3v) is 2.81. The first-order valence-corrected chi connectivity index (χ1v) is 5.63. The number of nitriles is 1. The maximum Gasteiger partial charge on any atom is 0.163 e. The van der Waals surface area contributed by atoms with Crippen molar-refractivity contribution in [2.24, 2.45) is 0 Å². The molecular formula is C13H14N4O2. The Hall–Kier alpha value is -2.68.